The van der Waals surface area contributed by atoms with Gasteiger partial charge in [0, 0.05) is 6.61 Å². The molecule has 1 heterocycles. The van der Waals surface area contributed by atoms with Gasteiger partial charge < -0.3 is 9.52 Å². The van der Waals surface area contributed by atoms with Gasteiger partial charge >= 0.3 is 0 Å². The zero-order valence-corrected chi connectivity index (χ0v) is 11.0. The van der Waals surface area contributed by atoms with Gasteiger partial charge in [0.05, 0.1) is 11.6 Å². The molecule has 1 aromatic heterocycles. The van der Waals surface area contributed by atoms with Crippen molar-refractivity contribution in [2.45, 2.75) is 45.3 Å². The Bertz CT molecular complexity index is 281. The van der Waals surface area contributed by atoms with Crippen LogP contribution in [0, 0.1) is 0 Å². The molecule has 1 aromatic rings. The van der Waals surface area contributed by atoms with Gasteiger partial charge in [0.15, 0.2) is 0 Å². The molecule has 3 heteroatoms. The maximum absolute atomic E-state index is 9.02. The van der Waals surface area contributed by atoms with Gasteiger partial charge in [-0.2, -0.15) is 0 Å². The summed E-state index contributed by atoms with van der Waals surface area (Å²) in [6.45, 7) is 7.02. The highest BCUT2D eigenvalue weighted by Gasteiger charge is 2.34. The Kier molecular flexibility index (Phi) is 4.61. The lowest BCUT2D eigenvalue weighted by atomic mass is 10.2. The summed E-state index contributed by atoms with van der Waals surface area (Å²) in [4.78, 5) is 0. The number of rotatable bonds is 6. The van der Waals surface area contributed by atoms with Gasteiger partial charge in [-0.25, -0.2) is 0 Å². The standard InChI is InChI=1S/C12H22O2Si/c1-4-15(5-2,6-3)12-11(7-9-13)8-10-14-12/h8,10,13H,4-7,9H2,1-3H3. The molecule has 0 fully saturated rings. The average molecular weight is 226 g/mol. The van der Waals surface area contributed by atoms with Crippen LogP contribution >= 0.6 is 0 Å². The van der Waals surface area contributed by atoms with Crippen LogP contribution in [0.2, 0.25) is 18.1 Å². The quantitative estimate of drug-likeness (QED) is 0.756. The molecule has 0 bridgehead atoms. The fourth-order valence-electron chi connectivity index (χ4n) is 2.35. The van der Waals surface area contributed by atoms with Crippen LogP contribution < -0.4 is 5.38 Å². The van der Waals surface area contributed by atoms with E-state index in [-0.39, 0.29) is 6.61 Å². The Hall–Kier alpha value is -0.543. The molecule has 1 N–H and O–H groups in total. The van der Waals surface area contributed by atoms with E-state index in [9.17, 15) is 0 Å². The van der Waals surface area contributed by atoms with E-state index < -0.39 is 8.07 Å². The zero-order chi connectivity index (χ0) is 11.3. The maximum atomic E-state index is 9.02. The van der Waals surface area contributed by atoms with Crippen LogP contribution in [-0.2, 0) is 6.42 Å². The summed E-state index contributed by atoms with van der Waals surface area (Å²) in [7, 11) is -1.40. The largest absolute Gasteiger partial charge is 0.474 e. The molecule has 0 amide bonds. The van der Waals surface area contributed by atoms with E-state index in [0.717, 1.165) is 6.42 Å². The first-order valence-electron chi connectivity index (χ1n) is 5.91. The first kappa shape index (κ1) is 12.5. The van der Waals surface area contributed by atoms with Crippen LogP contribution in [-0.4, -0.2) is 19.8 Å². The summed E-state index contributed by atoms with van der Waals surface area (Å²) in [6.07, 6.45) is 2.52. The number of aliphatic hydroxyl groups is 1. The molecular formula is C12H22O2Si. The van der Waals surface area contributed by atoms with Crippen molar-refractivity contribution in [3.05, 3.63) is 17.9 Å². The van der Waals surface area contributed by atoms with Gasteiger partial charge in [0.1, 0.15) is 8.07 Å². The number of furan rings is 1. The number of hydrogen-bond acceptors (Lipinski definition) is 2. The van der Waals surface area contributed by atoms with Crippen molar-refractivity contribution in [3.63, 3.8) is 0 Å². The molecule has 0 aliphatic heterocycles. The molecule has 0 spiro atoms. The molecule has 0 aromatic carbocycles. The molecule has 0 aliphatic rings. The summed E-state index contributed by atoms with van der Waals surface area (Å²) in [5.74, 6) is 0. The second kappa shape index (κ2) is 5.52. The van der Waals surface area contributed by atoms with Crippen molar-refractivity contribution in [1.82, 2.24) is 0 Å². The first-order valence-corrected chi connectivity index (χ1v) is 8.53. The fraction of sp³-hybridized carbons (Fsp3) is 0.667. The Balaban J connectivity index is 3.04. The predicted octanol–water partition coefficient (Wildman–Crippen LogP) is 2.53. The van der Waals surface area contributed by atoms with Crippen molar-refractivity contribution in [1.29, 1.82) is 0 Å². The summed E-state index contributed by atoms with van der Waals surface area (Å²) in [6, 6.07) is 5.71. The van der Waals surface area contributed by atoms with E-state index in [1.165, 1.54) is 29.1 Å². The van der Waals surface area contributed by atoms with Gasteiger partial charge in [-0.05, 0) is 18.1 Å². The second-order valence-electron chi connectivity index (χ2n) is 4.09. The predicted molar refractivity (Wildman–Crippen MR) is 66.3 cm³/mol. The van der Waals surface area contributed by atoms with E-state index >= 15 is 0 Å². The van der Waals surface area contributed by atoms with Gasteiger partial charge in [-0.1, -0.05) is 38.9 Å². The summed E-state index contributed by atoms with van der Waals surface area (Å²) in [5.41, 5.74) is 1.23. The third-order valence-electron chi connectivity index (χ3n) is 3.64. The Labute approximate surface area is 93.3 Å². The van der Waals surface area contributed by atoms with Gasteiger partial charge in [0.2, 0.25) is 0 Å². The Morgan fingerprint density at radius 2 is 1.80 bits per heavy atom. The summed E-state index contributed by atoms with van der Waals surface area (Å²) in [5, 5.41) is 10.2. The molecule has 0 aliphatic carbocycles. The second-order valence-corrected chi connectivity index (χ2v) is 9.23. The zero-order valence-electron chi connectivity index (χ0n) is 10.0. The molecule has 86 valence electrons. The van der Waals surface area contributed by atoms with Crippen LogP contribution in [0.3, 0.4) is 0 Å². The maximum Gasteiger partial charge on any atom is 0.131 e. The molecule has 0 unspecified atom stereocenters. The molecule has 1 rings (SSSR count). The molecule has 15 heavy (non-hydrogen) atoms. The lowest BCUT2D eigenvalue weighted by Crippen LogP contribution is -2.46. The van der Waals surface area contributed by atoms with Crippen molar-refractivity contribution in [3.8, 4) is 0 Å². The minimum absolute atomic E-state index is 0.216. The van der Waals surface area contributed by atoms with Crippen LogP contribution in [0.5, 0.6) is 0 Å². The molecule has 2 nitrogen and oxygen atoms in total. The van der Waals surface area contributed by atoms with Crippen LogP contribution in [0.1, 0.15) is 26.3 Å². The lowest BCUT2D eigenvalue weighted by Gasteiger charge is -2.26. The van der Waals surface area contributed by atoms with E-state index in [0.29, 0.717) is 0 Å². The van der Waals surface area contributed by atoms with Gasteiger partial charge in [-0.15, -0.1) is 0 Å². The van der Waals surface area contributed by atoms with Gasteiger partial charge in [-0.3, -0.25) is 0 Å². The van der Waals surface area contributed by atoms with Crippen LogP contribution in [0.4, 0.5) is 0 Å². The smallest absolute Gasteiger partial charge is 0.131 e. The van der Waals surface area contributed by atoms with E-state index in [4.69, 9.17) is 9.52 Å². The van der Waals surface area contributed by atoms with Crippen molar-refractivity contribution < 1.29 is 9.52 Å². The first-order chi connectivity index (χ1) is 7.24. The summed E-state index contributed by atoms with van der Waals surface area (Å²) >= 11 is 0. The Morgan fingerprint density at radius 1 is 1.20 bits per heavy atom. The van der Waals surface area contributed by atoms with Crippen molar-refractivity contribution >= 4 is 13.5 Å². The average Bonchev–Trinajstić information content (AvgIpc) is 2.71. The normalized spacial score (nSPS) is 12.0. The van der Waals surface area contributed by atoms with Crippen LogP contribution in [0.15, 0.2) is 16.7 Å². The molecule has 0 saturated heterocycles. The Morgan fingerprint density at radius 3 is 2.27 bits per heavy atom. The SMILES string of the molecule is CC[Si](CC)(CC)c1occc1CCO. The highest BCUT2D eigenvalue weighted by molar-refractivity contribution is 6.91. The number of aliphatic hydroxyl groups excluding tert-OH is 1. The van der Waals surface area contributed by atoms with Crippen molar-refractivity contribution in [2.75, 3.05) is 6.61 Å². The molecule has 0 atom stereocenters. The van der Waals surface area contributed by atoms with E-state index in [2.05, 4.69) is 20.8 Å². The highest BCUT2D eigenvalue weighted by Crippen LogP contribution is 2.22. The van der Waals surface area contributed by atoms with Crippen molar-refractivity contribution in [2.24, 2.45) is 0 Å². The lowest BCUT2D eigenvalue weighted by molar-refractivity contribution is 0.299. The monoisotopic (exact) mass is 226 g/mol. The topological polar surface area (TPSA) is 33.4 Å². The van der Waals surface area contributed by atoms with Crippen LogP contribution in [0.25, 0.3) is 0 Å². The number of hydrogen-bond donors (Lipinski definition) is 1. The van der Waals surface area contributed by atoms with E-state index in [1.807, 2.05) is 6.07 Å². The minimum Gasteiger partial charge on any atom is -0.474 e. The third kappa shape index (κ3) is 2.34. The molecule has 0 saturated carbocycles. The third-order valence-corrected chi connectivity index (χ3v) is 9.10. The highest BCUT2D eigenvalue weighted by atomic mass is 28.3. The van der Waals surface area contributed by atoms with Gasteiger partial charge in [0.25, 0.3) is 0 Å². The fourth-order valence-corrected chi connectivity index (χ4v) is 6.02. The summed E-state index contributed by atoms with van der Waals surface area (Å²) < 4.78 is 5.71. The minimum atomic E-state index is -1.40. The van der Waals surface area contributed by atoms with E-state index in [1.54, 1.807) is 6.26 Å². The molecular weight excluding hydrogens is 204 g/mol. The molecule has 0 radical (unpaired) electrons.